The van der Waals surface area contributed by atoms with Crippen LogP contribution in [0.1, 0.15) is 76.5 Å². The van der Waals surface area contributed by atoms with Crippen molar-refractivity contribution in [3.63, 3.8) is 0 Å². The predicted molar refractivity (Wildman–Crippen MR) is 130 cm³/mol. The van der Waals surface area contributed by atoms with Gasteiger partial charge in [0.05, 0.1) is 5.56 Å². The van der Waals surface area contributed by atoms with Gasteiger partial charge in [-0.2, -0.15) is 0 Å². The molecule has 35 heavy (non-hydrogen) atoms. The van der Waals surface area contributed by atoms with Gasteiger partial charge in [-0.05, 0) is 80.8 Å². The van der Waals surface area contributed by atoms with E-state index in [0.29, 0.717) is 5.56 Å². The maximum atomic E-state index is 12.6. The lowest BCUT2D eigenvalue weighted by Gasteiger charge is -2.59. The summed E-state index contributed by atoms with van der Waals surface area (Å²) in [5.41, 5.74) is 0.913. The van der Waals surface area contributed by atoms with Gasteiger partial charge in [0, 0.05) is 17.2 Å². The van der Waals surface area contributed by atoms with Crippen molar-refractivity contribution in [2.24, 2.45) is 23.2 Å². The quantitative estimate of drug-likeness (QED) is 0.343. The number of carbonyl (C=O) groups excluding carboxylic acids is 4. The Morgan fingerprint density at radius 1 is 0.800 bits per heavy atom. The first kappa shape index (κ1) is 23.5. The molecule has 6 rings (SSSR count). The molecule has 6 heteroatoms. The molecule has 0 aromatic heterocycles. The summed E-state index contributed by atoms with van der Waals surface area (Å²) >= 11 is 0. The molecule has 1 amide bonds. The van der Waals surface area contributed by atoms with Crippen LogP contribution in [0.4, 0.5) is 0 Å². The van der Waals surface area contributed by atoms with E-state index in [0.717, 1.165) is 17.8 Å². The fraction of sp³-hybridized carbons (Fsp3) is 0.448. The summed E-state index contributed by atoms with van der Waals surface area (Å²) in [6.45, 7) is 1.75. The molecular formula is C29H31NO5. The zero-order chi connectivity index (χ0) is 24.6. The number of amides is 1. The number of ketones is 2. The van der Waals surface area contributed by atoms with Gasteiger partial charge in [-0.15, -0.1) is 0 Å². The van der Waals surface area contributed by atoms with Crippen LogP contribution in [0.2, 0.25) is 0 Å². The number of rotatable bonds is 8. The van der Waals surface area contributed by atoms with Gasteiger partial charge < -0.3 is 10.1 Å². The van der Waals surface area contributed by atoms with E-state index in [-0.39, 0.29) is 35.1 Å². The summed E-state index contributed by atoms with van der Waals surface area (Å²) in [4.78, 5) is 49.8. The van der Waals surface area contributed by atoms with E-state index in [1.807, 2.05) is 0 Å². The van der Waals surface area contributed by atoms with Crippen molar-refractivity contribution in [2.75, 3.05) is 6.61 Å². The Balaban J connectivity index is 1.13. The molecule has 4 saturated carbocycles. The summed E-state index contributed by atoms with van der Waals surface area (Å²) < 4.78 is 5.22. The lowest BCUT2D eigenvalue weighted by atomic mass is 9.48. The van der Waals surface area contributed by atoms with Crippen LogP contribution < -0.4 is 5.32 Å². The van der Waals surface area contributed by atoms with Crippen LogP contribution in [-0.2, 0) is 9.53 Å². The molecule has 182 valence electrons. The molecule has 1 atom stereocenters. The van der Waals surface area contributed by atoms with Crippen LogP contribution in [0.25, 0.3) is 0 Å². The molecule has 0 spiro atoms. The minimum atomic E-state index is -0.644. The van der Waals surface area contributed by atoms with Crippen LogP contribution in [0.5, 0.6) is 0 Å². The predicted octanol–water partition coefficient (Wildman–Crippen LogP) is 4.63. The standard InChI is InChI=1S/C29H31NO5/c1-18(29-14-19-11-20(15-29)13-21(12-19)16-29)30-25(31)17-35-28(34)24-9-7-23(8-10-24)27(33)26(32)22-5-3-2-4-6-22/h2-10,18-21H,11-17H2,1H3,(H,30,31). The smallest absolute Gasteiger partial charge is 0.338 e. The van der Waals surface area contributed by atoms with E-state index in [1.54, 1.807) is 30.3 Å². The second kappa shape index (κ2) is 9.40. The first-order valence-corrected chi connectivity index (χ1v) is 12.5. The first-order valence-electron chi connectivity index (χ1n) is 12.5. The highest BCUT2D eigenvalue weighted by molar-refractivity contribution is 6.49. The summed E-state index contributed by atoms with van der Waals surface area (Å²) in [6.07, 6.45) is 7.63. The summed E-state index contributed by atoms with van der Waals surface area (Å²) in [5.74, 6) is 0.224. The van der Waals surface area contributed by atoms with Gasteiger partial charge in [-0.25, -0.2) is 4.79 Å². The Morgan fingerprint density at radius 2 is 1.29 bits per heavy atom. The maximum Gasteiger partial charge on any atom is 0.338 e. The molecular weight excluding hydrogens is 442 g/mol. The number of Topliss-reactive ketones (excluding diaryl/α,β-unsaturated/α-hetero) is 2. The van der Waals surface area contributed by atoms with Gasteiger partial charge in [0.1, 0.15) is 0 Å². The van der Waals surface area contributed by atoms with Crippen molar-refractivity contribution in [1.29, 1.82) is 0 Å². The van der Waals surface area contributed by atoms with E-state index in [2.05, 4.69) is 12.2 Å². The molecule has 4 aliphatic carbocycles. The van der Waals surface area contributed by atoms with Gasteiger partial charge >= 0.3 is 5.97 Å². The van der Waals surface area contributed by atoms with E-state index >= 15 is 0 Å². The largest absolute Gasteiger partial charge is 0.452 e. The van der Waals surface area contributed by atoms with Crippen LogP contribution in [0.3, 0.4) is 0 Å². The molecule has 2 aromatic rings. The SMILES string of the molecule is CC(NC(=O)COC(=O)c1ccc(C(=O)C(=O)c2ccccc2)cc1)C12CC3CC(CC(C3)C1)C2. The molecule has 0 saturated heterocycles. The molecule has 4 fully saturated rings. The topological polar surface area (TPSA) is 89.5 Å². The first-order chi connectivity index (χ1) is 16.8. The van der Waals surface area contributed by atoms with Gasteiger partial charge in [0.25, 0.3) is 5.91 Å². The van der Waals surface area contributed by atoms with Gasteiger partial charge in [-0.1, -0.05) is 42.5 Å². The Kier molecular flexibility index (Phi) is 6.30. The number of hydrogen-bond acceptors (Lipinski definition) is 5. The molecule has 0 aliphatic heterocycles. The maximum absolute atomic E-state index is 12.6. The molecule has 4 aliphatic rings. The van der Waals surface area contributed by atoms with Crippen molar-refractivity contribution in [2.45, 2.75) is 51.5 Å². The number of esters is 1. The third-order valence-corrected chi connectivity index (χ3v) is 8.34. The van der Waals surface area contributed by atoms with E-state index < -0.39 is 17.5 Å². The van der Waals surface area contributed by atoms with Crippen molar-refractivity contribution in [3.8, 4) is 0 Å². The summed E-state index contributed by atoms with van der Waals surface area (Å²) in [6, 6.07) is 14.1. The lowest BCUT2D eigenvalue weighted by molar-refractivity contribution is -0.128. The third-order valence-electron chi connectivity index (χ3n) is 8.34. The van der Waals surface area contributed by atoms with Crippen molar-refractivity contribution in [3.05, 3.63) is 71.3 Å². The van der Waals surface area contributed by atoms with Crippen molar-refractivity contribution >= 4 is 23.4 Å². The highest BCUT2D eigenvalue weighted by atomic mass is 16.5. The molecule has 6 nitrogen and oxygen atoms in total. The number of benzene rings is 2. The summed E-state index contributed by atoms with van der Waals surface area (Å²) in [5, 5.41) is 3.10. The molecule has 0 radical (unpaired) electrons. The Hall–Kier alpha value is -3.28. The Morgan fingerprint density at radius 3 is 1.83 bits per heavy atom. The van der Waals surface area contributed by atoms with E-state index in [1.165, 1.54) is 62.8 Å². The monoisotopic (exact) mass is 473 g/mol. The highest BCUT2D eigenvalue weighted by Crippen LogP contribution is 2.61. The average molecular weight is 474 g/mol. The fourth-order valence-corrected chi connectivity index (χ4v) is 6.97. The zero-order valence-corrected chi connectivity index (χ0v) is 20.0. The Bertz CT molecular complexity index is 1100. The second-order valence-corrected chi connectivity index (χ2v) is 10.7. The van der Waals surface area contributed by atoms with Gasteiger partial charge in [0.15, 0.2) is 6.61 Å². The second-order valence-electron chi connectivity index (χ2n) is 10.7. The average Bonchev–Trinajstić information content (AvgIpc) is 2.86. The van der Waals surface area contributed by atoms with Crippen LogP contribution in [0.15, 0.2) is 54.6 Å². The molecule has 2 aromatic carbocycles. The Labute approximate surface area is 205 Å². The molecule has 0 heterocycles. The van der Waals surface area contributed by atoms with E-state index in [4.69, 9.17) is 4.74 Å². The number of nitrogens with one attached hydrogen (secondary N) is 1. The van der Waals surface area contributed by atoms with E-state index in [9.17, 15) is 19.2 Å². The van der Waals surface area contributed by atoms with Gasteiger partial charge in [0.2, 0.25) is 11.6 Å². The number of hydrogen-bond donors (Lipinski definition) is 1. The zero-order valence-electron chi connectivity index (χ0n) is 20.0. The molecule has 1 N–H and O–H groups in total. The normalized spacial score (nSPS) is 27.2. The van der Waals surface area contributed by atoms with Crippen molar-refractivity contribution < 1.29 is 23.9 Å². The minimum absolute atomic E-state index is 0.0644. The highest BCUT2D eigenvalue weighted by Gasteiger charge is 2.53. The number of ether oxygens (including phenoxy) is 1. The summed E-state index contributed by atoms with van der Waals surface area (Å²) in [7, 11) is 0. The minimum Gasteiger partial charge on any atom is -0.452 e. The fourth-order valence-electron chi connectivity index (χ4n) is 6.97. The van der Waals surface area contributed by atoms with Crippen LogP contribution in [0, 0.1) is 23.2 Å². The molecule has 1 unspecified atom stereocenters. The van der Waals surface area contributed by atoms with Crippen LogP contribution >= 0.6 is 0 Å². The van der Waals surface area contributed by atoms with Gasteiger partial charge in [-0.3, -0.25) is 14.4 Å². The lowest BCUT2D eigenvalue weighted by Crippen LogP contribution is -2.56. The van der Waals surface area contributed by atoms with Crippen molar-refractivity contribution in [1.82, 2.24) is 5.32 Å². The number of carbonyl (C=O) groups is 4. The third kappa shape index (κ3) is 4.79. The van der Waals surface area contributed by atoms with Crippen LogP contribution in [-0.4, -0.2) is 36.1 Å². The molecule has 4 bridgehead atoms.